The minimum Gasteiger partial charge on any atom is -0.302 e. The molecule has 0 amide bonds. The third-order valence-electron chi connectivity index (χ3n) is 5.15. The summed E-state index contributed by atoms with van der Waals surface area (Å²) in [6.45, 7) is 5.47. The fourth-order valence-corrected chi connectivity index (χ4v) is 3.67. The fraction of sp³-hybridized carbons (Fsp3) is 0.882. The molecular formula is C17H30N2O2. The van der Waals surface area contributed by atoms with Crippen molar-refractivity contribution in [3.05, 3.63) is 0 Å². The van der Waals surface area contributed by atoms with E-state index in [9.17, 15) is 9.59 Å². The van der Waals surface area contributed by atoms with Crippen LogP contribution in [0.1, 0.15) is 51.9 Å². The van der Waals surface area contributed by atoms with Gasteiger partial charge in [0.1, 0.15) is 5.78 Å². The molecular weight excluding hydrogens is 264 g/mol. The van der Waals surface area contributed by atoms with Gasteiger partial charge in [-0.15, -0.1) is 0 Å². The molecule has 4 heteroatoms. The molecule has 4 nitrogen and oxygen atoms in total. The van der Waals surface area contributed by atoms with Crippen LogP contribution in [0, 0.1) is 5.92 Å². The highest BCUT2D eigenvalue weighted by molar-refractivity contribution is 5.84. The summed E-state index contributed by atoms with van der Waals surface area (Å²) in [5.74, 6) is 0.876. The Bertz CT molecular complexity index is 370. The number of piperidine rings is 1. The number of nitrogens with zero attached hydrogens (tertiary/aromatic N) is 2. The Labute approximate surface area is 128 Å². The highest BCUT2D eigenvalue weighted by atomic mass is 16.1. The SMILES string of the molecule is CC(=O)[C@@H]1CCCCN(CCC(=O)[C@@H]2CCCCN2C)C1. The molecule has 0 aliphatic carbocycles. The summed E-state index contributed by atoms with van der Waals surface area (Å²) >= 11 is 0. The molecule has 0 aromatic rings. The smallest absolute Gasteiger partial charge is 0.151 e. The second-order valence-corrected chi connectivity index (χ2v) is 6.81. The average Bonchev–Trinajstić information content (AvgIpc) is 2.71. The van der Waals surface area contributed by atoms with Crippen LogP contribution >= 0.6 is 0 Å². The van der Waals surface area contributed by atoms with Crippen LogP contribution in [0.25, 0.3) is 0 Å². The summed E-state index contributed by atoms with van der Waals surface area (Å²) < 4.78 is 0. The van der Waals surface area contributed by atoms with Crippen LogP contribution in [0.4, 0.5) is 0 Å². The topological polar surface area (TPSA) is 40.6 Å². The number of likely N-dealkylation sites (tertiary alicyclic amines) is 2. The molecule has 120 valence electrons. The first kappa shape index (κ1) is 16.6. The van der Waals surface area contributed by atoms with Crippen molar-refractivity contribution in [3.8, 4) is 0 Å². The fourth-order valence-electron chi connectivity index (χ4n) is 3.67. The standard InChI is InChI=1S/C17H30N2O2/c1-14(20)15-7-3-6-11-19(13-15)12-9-17(21)16-8-4-5-10-18(16)2/h15-16H,3-13H2,1-2H3/t15-,16+/m1/s1. The zero-order valence-corrected chi connectivity index (χ0v) is 13.6. The summed E-state index contributed by atoms with van der Waals surface area (Å²) in [4.78, 5) is 28.6. The number of Topliss-reactive ketones (excluding diaryl/α,β-unsaturated/α-hetero) is 2. The van der Waals surface area contributed by atoms with Gasteiger partial charge in [-0.1, -0.05) is 12.8 Å². The summed E-state index contributed by atoms with van der Waals surface area (Å²) in [7, 11) is 2.07. The van der Waals surface area contributed by atoms with Crippen molar-refractivity contribution in [2.75, 3.05) is 33.2 Å². The van der Waals surface area contributed by atoms with E-state index in [2.05, 4.69) is 16.8 Å². The predicted molar refractivity (Wildman–Crippen MR) is 84.4 cm³/mol. The predicted octanol–water partition coefficient (Wildman–Crippen LogP) is 2.12. The van der Waals surface area contributed by atoms with E-state index < -0.39 is 0 Å². The second kappa shape index (κ2) is 8.04. The zero-order valence-electron chi connectivity index (χ0n) is 13.6. The van der Waals surface area contributed by atoms with Gasteiger partial charge in [0.05, 0.1) is 6.04 Å². The Kier molecular flexibility index (Phi) is 6.37. The molecule has 2 rings (SSSR count). The molecule has 0 aromatic heterocycles. The molecule has 2 saturated heterocycles. The maximum Gasteiger partial charge on any atom is 0.151 e. The largest absolute Gasteiger partial charge is 0.302 e. The van der Waals surface area contributed by atoms with Crippen molar-refractivity contribution in [1.29, 1.82) is 0 Å². The van der Waals surface area contributed by atoms with Gasteiger partial charge in [-0.05, 0) is 52.7 Å². The van der Waals surface area contributed by atoms with Gasteiger partial charge in [0, 0.05) is 25.4 Å². The Hall–Kier alpha value is -0.740. The van der Waals surface area contributed by atoms with Gasteiger partial charge in [0.2, 0.25) is 0 Å². The van der Waals surface area contributed by atoms with Gasteiger partial charge in [-0.3, -0.25) is 14.5 Å². The van der Waals surface area contributed by atoms with Crippen molar-refractivity contribution < 1.29 is 9.59 Å². The Morgan fingerprint density at radius 3 is 2.48 bits per heavy atom. The number of likely N-dealkylation sites (N-methyl/N-ethyl adjacent to an activating group) is 1. The molecule has 0 bridgehead atoms. The quantitative estimate of drug-likeness (QED) is 0.779. The molecule has 0 radical (unpaired) electrons. The molecule has 2 aliphatic heterocycles. The monoisotopic (exact) mass is 294 g/mol. The first-order valence-electron chi connectivity index (χ1n) is 8.53. The highest BCUT2D eigenvalue weighted by Gasteiger charge is 2.27. The van der Waals surface area contributed by atoms with E-state index in [0.717, 1.165) is 51.9 Å². The number of carbonyl (C=O) groups is 2. The van der Waals surface area contributed by atoms with Crippen molar-refractivity contribution in [2.24, 2.45) is 5.92 Å². The first-order valence-corrected chi connectivity index (χ1v) is 8.53. The van der Waals surface area contributed by atoms with Crippen LogP contribution in [0.3, 0.4) is 0 Å². The number of rotatable bonds is 5. The van der Waals surface area contributed by atoms with Gasteiger partial charge in [0.25, 0.3) is 0 Å². The minimum absolute atomic E-state index is 0.134. The molecule has 2 heterocycles. The molecule has 21 heavy (non-hydrogen) atoms. The lowest BCUT2D eigenvalue weighted by molar-refractivity contribution is -0.125. The van der Waals surface area contributed by atoms with Crippen LogP contribution in [-0.2, 0) is 9.59 Å². The Morgan fingerprint density at radius 2 is 1.76 bits per heavy atom. The van der Waals surface area contributed by atoms with E-state index >= 15 is 0 Å². The van der Waals surface area contributed by atoms with Gasteiger partial charge in [-0.25, -0.2) is 0 Å². The molecule has 0 N–H and O–H groups in total. The number of carbonyl (C=O) groups excluding carboxylic acids is 2. The highest BCUT2D eigenvalue weighted by Crippen LogP contribution is 2.19. The van der Waals surface area contributed by atoms with E-state index in [1.165, 1.54) is 12.8 Å². The summed E-state index contributed by atoms with van der Waals surface area (Å²) in [6.07, 6.45) is 7.36. The maximum absolute atomic E-state index is 12.4. The number of hydrogen-bond acceptors (Lipinski definition) is 4. The van der Waals surface area contributed by atoms with Gasteiger partial charge in [0.15, 0.2) is 5.78 Å². The number of ketones is 2. The molecule has 2 aliphatic rings. The summed E-state index contributed by atoms with van der Waals surface area (Å²) in [5.41, 5.74) is 0. The average molecular weight is 294 g/mol. The molecule has 2 atom stereocenters. The normalized spacial score (nSPS) is 29.0. The molecule has 0 unspecified atom stereocenters. The number of hydrogen-bond donors (Lipinski definition) is 0. The van der Waals surface area contributed by atoms with Crippen LogP contribution in [-0.4, -0.2) is 60.6 Å². The van der Waals surface area contributed by atoms with E-state index in [-0.39, 0.29) is 12.0 Å². The van der Waals surface area contributed by atoms with Gasteiger partial charge < -0.3 is 4.90 Å². The van der Waals surface area contributed by atoms with Crippen LogP contribution in [0.5, 0.6) is 0 Å². The van der Waals surface area contributed by atoms with Gasteiger partial charge in [-0.2, -0.15) is 0 Å². The van der Waals surface area contributed by atoms with E-state index in [0.29, 0.717) is 18.0 Å². The van der Waals surface area contributed by atoms with E-state index in [1.54, 1.807) is 6.92 Å². The lowest BCUT2D eigenvalue weighted by Crippen LogP contribution is -2.43. The summed E-state index contributed by atoms with van der Waals surface area (Å²) in [6, 6.07) is 0.134. The summed E-state index contributed by atoms with van der Waals surface area (Å²) in [5, 5.41) is 0. The van der Waals surface area contributed by atoms with Crippen molar-refractivity contribution >= 4 is 11.6 Å². The minimum atomic E-state index is 0.134. The molecule has 2 fully saturated rings. The van der Waals surface area contributed by atoms with E-state index in [1.807, 2.05) is 0 Å². The Balaban J connectivity index is 1.80. The first-order chi connectivity index (χ1) is 10.1. The lowest BCUT2D eigenvalue weighted by atomic mass is 9.97. The maximum atomic E-state index is 12.4. The van der Waals surface area contributed by atoms with Crippen molar-refractivity contribution in [1.82, 2.24) is 9.80 Å². The van der Waals surface area contributed by atoms with Crippen molar-refractivity contribution in [2.45, 2.75) is 57.9 Å². The third kappa shape index (κ3) is 4.89. The van der Waals surface area contributed by atoms with Crippen molar-refractivity contribution in [3.63, 3.8) is 0 Å². The third-order valence-corrected chi connectivity index (χ3v) is 5.15. The molecule has 0 spiro atoms. The van der Waals surface area contributed by atoms with Crippen LogP contribution in [0.15, 0.2) is 0 Å². The second-order valence-electron chi connectivity index (χ2n) is 6.81. The molecule has 0 saturated carbocycles. The van der Waals surface area contributed by atoms with Gasteiger partial charge >= 0.3 is 0 Å². The molecule has 0 aromatic carbocycles. The van der Waals surface area contributed by atoms with Crippen LogP contribution in [0.2, 0.25) is 0 Å². The lowest BCUT2D eigenvalue weighted by Gasteiger charge is -2.32. The van der Waals surface area contributed by atoms with E-state index in [4.69, 9.17) is 0 Å². The Morgan fingerprint density at radius 1 is 1.05 bits per heavy atom. The zero-order chi connectivity index (χ0) is 15.2. The van der Waals surface area contributed by atoms with Crippen LogP contribution < -0.4 is 0 Å².